The van der Waals surface area contributed by atoms with Crippen LogP contribution in [0.15, 0.2) is 55.8 Å². The number of aromatic nitrogens is 1. The maximum absolute atomic E-state index is 13.3. The van der Waals surface area contributed by atoms with Crippen molar-refractivity contribution in [3.63, 3.8) is 0 Å². The van der Waals surface area contributed by atoms with Gasteiger partial charge < -0.3 is 20.3 Å². The van der Waals surface area contributed by atoms with Crippen LogP contribution in [0.5, 0.6) is 0 Å². The first-order chi connectivity index (χ1) is 15.9. The lowest BCUT2D eigenvalue weighted by Gasteiger charge is -2.26. The van der Waals surface area contributed by atoms with Crippen LogP contribution in [0.3, 0.4) is 0 Å². The first-order valence-corrected chi connectivity index (χ1v) is 11.4. The SMILES string of the molecule is C=CCCC[C@H](CC(=O)O)C(=O)N[C@@H](Cc1c[nH]c2ccccc12)C(=O)N(C)CCCC=C. The highest BCUT2D eigenvalue weighted by Crippen LogP contribution is 2.21. The Hall–Kier alpha value is -3.35. The Morgan fingerprint density at radius 3 is 2.55 bits per heavy atom. The molecule has 0 unspecified atom stereocenters. The molecule has 1 heterocycles. The first-order valence-electron chi connectivity index (χ1n) is 11.4. The van der Waals surface area contributed by atoms with E-state index in [4.69, 9.17) is 0 Å². The van der Waals surface area contributed by atoms with E-state index < -0.39 is 23.8 Å². The number of carboxylic acids is 1. The van der Waals surface area contributed by atoms with E-state index in [1.807, 2.05) is 36.5 Å². The van der Waals surface area contributed by atoms with Gasteiger partial charge >= 0.3 is 5.97 Å². The molecular formula is C26H35N3O4. The van der Waals surface area contributed by atoms with Crippen molar-refractivity contribution in [2.75, 3.05) is 13.6 Å². The van der Waals surface area contributed by atoms with Gasteiger partial charge in [-0.05, 0) is 43.7 Å². The lowest BCUT2D eigenvalue weighted by atomic mass is 9.96. The van der Waals surface area contributed by atoms with Crippen LogP contribution in [0, 0.1) is 5.92 Å². The number of fused-ring (bicyclic) bond motifs is 1. The fourth-order valence-corrected chi connectivity index (χ4v) is 3.90. The molecule has 3 N–H and O–H groups in total. The number of hydrogen-bond acceptors (Lipinski definition) is 3. The van der Waals surface area contributed by atoms with Crippen molar-refractivity contribution >= 4 is 28.7 Å². The van der Waals surface area contributed by atoms with Crippen LogP contribution in [-0.2, 0) is 20.8 Å². The Balaban J connectivity index is 2.23. The van der Waals surface area contributed by atoms with Crippen LogP contribution in [0.25, 0.3) is 10.9 Å². The standard InChI is InChI=1S/C26H35N3O4/c1-4-6-8-12-19(17-24(30)31)25(32)28-23(26(33)29(3)15-11-7-5-2)16-20-18-27-22-14-10-9-13-21(20)22/h4-5,9-10,13-14,18-19,23,27H,1-2,6-8,11-12,15-17H2,3H3,(H,28,32)(H,30,31)/t19-,23+/m1/s1. The third-order valence-corrected chi connectivity index (χ3v) is 5.74. The Bertz CT molecular complexity index is 965. The lowest BCUT2D eigenvalue weighted by molar-refractivity contribution is -0.142. The molecule has 33 heavy (non-hydrogen) atoms. The smallest absolute Gasteiger partial charge is 0.304 e. The number of allylic oxidation sites excluding steroid dienone is 2. The summed E-state index contributed by atoms with van der Waals surface area (Å²) in [5.74, 6) is -2.33. The van der Waals surface area contributed by atoms with E-state index in [1.54, 1.807) is 18.0 Å². The van der Waals surface area contributed by atoms with Gasteiger partial charge in [0.15, 0.2) is 0 Å². The molecule has 2 aromatic rings. The van der Waals surface area contributed by atoms with Crippen LogP contribution in [-0.4, -0.2) is 52.4 Å². The summed E-state index contributed by atoms with van der Waals surface area (Å²) in [4.78, 5) is 42.5. The predicted octanol–water partition coefficient (Wildman–Crippen LogP) is 4.07. The molecule has 0 bridgehead atoms. The summed E-state index contributed by atoms with van der Waals surface area (Å²) in [5.41, 5.74) is 1.88. The molecule has 7 heteroatoms. The van der Waals surface area contributed by atoms with E-state index in [1.165, 1.54) is 0 Å². The molecule has 2 amide bonds. The largest absolute Gasteiger partial charge is 0.481 e. The van der Waals surface area contributed by atoms with Crippen molar-refractivity contribution in [2.24, 2.45) is 5.92 Å². The number of aromatic amines is 1. The lowest BCUT2D eigenvalue weighted by Crippen LogP contribution is -2.50. The average Bonchev–Trinajstić information content (AvgIpc) is 3.20. The first kappa shape index (κ1) is 25.9. The topological polar surface area (TPSA) is 102 Å². The maximum Gasteiger partial charge on any atom is 0.304 e. The number of aliphatic carboxylic acids is 1. The van der Waals surface area contributed by atoms with Crippen molar-refractivity contribution in [1.29, 1.82) is 0 Å². The summed E-state index contributed by atoms with van der Waals surface area (Å²) in [6, 6.07) is 7.00. The van der Waals surface area contributed by atoms with E-state index >= 15 is 0 Å². The average molecular weight is 454 g/mol. The van der Waals surface area contributed by atoms with Gasteiger partial charge in [-0.3, -0.25) is 14.4 Å². The minimum Gasteiger partial charge on any atom is -0.481 e. The number of benzene rings is 1. The van der Waals surface area contributed by atoms with Crippen molar-refractivity contribution in [3.8, 4) is 0 Å². The molecule has 0 aliphatic rings. The minimum absolute atomic E-state index is 0.196. The molecule has 0 radical (unpaired) electrons. The highest BCUT2D eigenvalue weighted by atomic mass is 16.4. The van der Waals surface area contributed by atoms with Crippen molar-refractivity contribution in [3.05, 3.63) is 61.3 Å². The number of para-hydroxylation sites is 1. The molecule has 1 aromatic carbocycles. The molecule has 0 fully saturated rings. The number of nitrogens with one attached hydrogen (secondary N) is 2. The molecule has 0 aliphatic heterocycles. The zero-order valence-electron chi connectivity index (χ0n) is 19.4. The highest BCUT2D eigenvalue weighted by molar-refractivity contribution is 5.91. The second kappa shape index (κ2) is 13.3. The fraction of sp³-hybridized carbons (Fsp3) is 0.423. The number of nitrogens with zero attached hydrogens (tertiary/aromatic N) is 1. The number of carbonyl (C=O) groups is 3. The summed E-state index contributed by atoms with van der Waals surface area (Å²) in [6.07, 6.45) is 8.81. The van der Waals surface area contributed by atoms with Crippen LogP contribution in [0.4, 0.5) is 0 Å². The van der Waals surface area contributed by atoms with Crippen LogP contribution < -0.4 is 5.32 Å². The monoisotopic (exact) mass is 453 g/mol. The highest BCUT2D eigenvalue weighted by Gasteiger charge is 2.29. The van der Waals surface area contributed by atoms with Crippen LogP contribution >= 0.6 is 0 Å². The fourth-order valence-electron chi connectivity index (χ4n) is 3.90. The number of unbranched alkanes of at least 4 members (excludes halogenated alkanes) is 2. The number of amides is 2. The predicted molar refractivity (Wildman–Crippen MR) is 131 cm³/mol. The number of likely N-dealkylation sites (N-methyl/N-ethyl adjacent to an activating group) is 1. The van der Waals surface area contributed by atoms with Crippen LogP contribution in [0.2, 0.25) is 0 Å². The van der Waals surface area contributed by atoms with Crippen molar-refractivity contribution in [1.82, 2.24) is 15.2 Å². The van der Waals surface area contributed by atoms with Crippen molar-refractivity contribution < 1.29 is 19.5 Å². The maximum atomic E-state index is 13.3. The number of rotatable bonds is 15. The quantitative estimate of drug-likeness (QED) is 0.279. The van der Waals surface area contributed by atoms with E-state index in [0.717, 1.165) is 29.3 Å². The molecule has 0 saturated heterocycles. The second-order valence-corrected chi connectivity index (χ2v) is 8.33. The van der Waals surface area contributed by atoms with Gasteiger partial charge in [0.1, 0.15) is 6.04 Å². The number of carbonyl (C=O) groups excluding carboxylic acids is 2. The Kier molecular flexibility index (Phi) is 10.4. The molecule has 2 atom stereocenters. The zero-order valence-corrected chi connectivity index (χ0v) is 19.4. The molecule has 1 aromatic heterocycles. The van der Waals surface area contributed by atoms with Gasteiger partial charge in [-0.25, -0.2) is 0 Å². The van der Waals surface area contributed by atoms with Gasteiger partial charge in [0.05, 0.1) is 6.42 Å². The molecule has 0 spiro atoms. The molecule has 0 saturated carbocycles. The van der Waals surface area contributed by atoms with Gasteiger partial charge in [0.2, 0.25) is 11.8 Å². The number of hydrogen-bond donors (Lipinski definition) is 3. The number of carboxylic acid groups (broad SMARTS) is 1. The third kappa shape index (κ3) is 7.93. The van der Waals surface area contributed by atoms with Gasteiger partial charge in [0.25, 0.3) is 0 Å². The number of H-pyrrole nitrogens is 1. The van der Waals surface area contributed by atoms with Crippen molar-refractivity contribution in [2.45, 2.75) is 51.0 Å². The zero-order chi connectivity index (χ0) is 24.2. The second-order valence-electron chi connectivity index (χ2n) is 8.33. The Morgan fingerprint density at radius 2 is 1.85 bits per heavy atom. The molecule has 2 rings (SSSR count). The molecule has 7 nitrogen and oxygen atoms in total. The van der Waals surface area contributed by atoms with Crippen LogP contribution in [0.1, 0.15) is 44.1 Å². The summed E-state index contributed by atoms with van der Waals surface area (Å²) in [5, 5.41) is 13.1. The van der Waals surface area contributed by atoms with Gasteiger partial charge in [0, 0.05) is 43.0 Å². The summed E-state index contributed by atoms with van der Waals surface area (Å²) < 4.78 is 0. The van der Waals surface area contributed by atoms with E-state index in [2.05, 4.69) is 23.5 Å². The summed E-state index contributed by atoms with van der Waals surface area (Å²) in [6.45, 7) is 7.93. The van der Waals surface area contributed by atoms with Gasteiger partial charge in [-0.2, -0.15) is 0 Å². The van der Waals surface area contributed by atoms with Gasteiger partial charge in [-0.1, -0.05) is 30.4 Å². The summed E-state index contributed by atoms with van der Waals surface area (Å²) in [7, 11) is 1.72. The molecule has 178 valence electrons. The molecular weight excluding hydrogens is 418 g/mol. The van der Waals surface area contributed by atoms with E-state index in [9.17, 15) is 19.5 Å². The normalized spacial score (nSPS) is 12.6. The van der Waals surface area contributed by atoms with E-state index in [0.29, 0.717) is 32.2 Å². The minimum atomic E-state index is -1.03. The van der Waals surface area contributed by atoms with Gasteiger partial charge in [-0.15, -0.1) is 13.2 Å². The Labute approximate surface area is 195 Å². The Morgan fingerprint density at radius 1 is 1.15 bits per heavy atom. The third-order valence-electron chi connectivity index (χ3n) is 5.74. The van der Waals surface area contributed by atoms with E-state index in [-0.39, 0.29) is 12.3 Å². The molecule has 0 aliphatic carbocycles. The summed E-state index contributed by atoms with van der Waals surface area (Å²) >= 11 is 0.